The van der Waals surface area contributed by atoms with Crippen molar-refractivity contribution in [1.29, 1.82) is 0 Å². The number of rotatable bonds is 5. The highest BCUT2D eigenvalue weighted by atomic mass is 19.3. The van der Waals surface area contributed by atoms with E-state index in [0.29, 0.717) is 0 Å². The van der Waals surface area contributed by atoms with E-state index < -0.39 is 12.7 Å². The Bertz CT molecular complexity index is 394. The summed E-state index contributed by atoms with van der Waals surface area (Å²) in [5.74, 6) is -0.127. The Balaban J connectivity index is 2.88. The minimum absolute atomic E-state index is 0.127. The molecule has 1 rings (SSSR count). The molecule has 1 unspecified atom stereocenters. The molecule has 0 saturated heterocycles. The van der Waals surface area contributed by atoms with Crippen LogP contribution in [-0.2, 0) is 0 Å². The van der Waals surface area contributed by atoms with Crippen molar-refractivity contribution in [2.45, 2.75) is 12.7 Å². The summed E-state index contributed by atoms with van der Waals surface area (Å²) in [7, 11) is 0. The van der Waals surface area contributed by atoms with Gasteiger partial charge in [0.2, 0.25) is 0 Å². The van der Waals surface area contributed by atoms with E-state index in [1.54, 1.807) is 6.07 Å². The lowest BCUT2D eigenvalue weighted by atomic mass is 10.1. The summed E-state index contributed by atoms with van der Waals surface area (Å²) in [6.45, 7) is -3.20. The van der Waals surface area contributed by atoms with Crippen LogP contribution in [-0.4, -0.2) is 18.3 Å². The number of nitrogens with zero attached hydrogens (tertiary/aromatic N) is 3. The molecule has 1 atom stereocenters. The van der Waals surface area contributed by atoms with E-state index in [2.05, 4.69) is 14.8 Å². The van der Waals surface area contributed by atoms with Gasteiger partial charge in [0.25, 0.3) is 0 Å². The largest absolute Gasteiger partial charge is 0.434 e. The van der Waals surface area contributed by atoms with Gasteiger partial charge < -0.3 is 9.84 Å². The zero-order chi connectivity index (χ0) is 12.0. The average Bonchev–Trinajstić information content (AvgIpc) is 2.26. The quantitative estimate of drug-likeness (QED) is 0.478. The van der Waals surface area contributed by atoms with Crippen LogP contribution in [0.4, 0.5) is 8.78 Å². The summed E-state index contributed by atoms with van der Waals surface area (Å²) >= 11 is 0. The Morgan fingerprint density at radius 2 is 2.12 bits per heavy atom. The second-order valence-electron chi connectivity index (χ2n) is 2.85. The number of aliphatic hydroxyl groups excluding tert-OH is 1. The average molecular weight is 229 g/mol. The van der Waals surface area contributed by atoms with Crippen molar-refractivity contribution in [3.63, 3.8) is 0 Å². The number of para-hydroxylation sites is 1. The summed E-state index contributed by atoms with van der Waals surface area (Å²) in [5.41, 5.74) is 8.23. The van der Waals surface area contributed by atoms with E-state index in [1.807, 2.05) is 0 Å². The van der Waals surface area contributed by atoms with Gasteiger partial charge in [0.1, 0.15) is 5.75 Å². The van der Waals surface area contributed by atoms with Gasteiger partial charge in [-0.15, -0.1) is 0 Å². The van der Waals surface area contributed by atoms with Gasteiger partial charge in [0.05, 0.1) is 12.6 Å². The molecule has 7 heteroatoms. The maximum absolute atomic E-state index is 12.0. The zero-order valence-corrected chi connectivity index (χ0v) is 8.12. The number of ether oxygens (including phenoxy) is 1. The lowest BCUT2D eigenvalue weighted by Gasteiger charge is -2.13. The first-order valence-electron chi connectivity index (χ1n) is 4.37. The summed E-state index contributed by atoms with van der Waals surface area (Å²) in [6.07, 6.45) is -1.16. The SMILES string of the molecule is [N-]=[N+]=NCC(O)c1ccccc1OC(F)F. The van der Waals surface area contributed by atoms with Gasteiger partial charge in [-0.05, 0) is 11.6 Å². The Morgan fingerprint density at radius 1 is 1.44 bits per heavy atom. The predicted molar refractivity (Wildman–Crippen MR) is 52.0 cm³/mol. The molecule has 5 nitrogen and oxygen atoms in total. The number of aliphatic hydroxyl groups is 1. The van der Waals surface area contributed by atoms with Crippen LogP contribution in [0.1, 0.15) is 11.7 Å². The standard InChI is InChI=1S/C9H9F2N3O2/c10-9(11)16-8-4-2-1-3-6(8)7(15)5-13-14-12/h1-4,7,9,15H,5H2. The van der Waals surface area contributed by atoms with Gasteiger partial charge in [-0.25, -0.2) is 0 Å². The maximum atomic E-state index is 12.0. The van der Waals surface area contributed by atoms with Crippen molar-refractivity contribution in [3.05, 3.63) is 40.3 Å². The molecular weight excluding hydrogens is 220 g/mol. The fourth-order valence-electron chi connectivity index (χ4n) is 1.17. The van der Waals surface area contributed by atoms with Crippen LogP contribution in [0.2, 0.25) is 0 Å². The minimum atomic E-state index is -2.96. The molecule has 1 aromatic carbocycles. The number of halogens is 2. The molecule has 0 heterocycles. The first kappa shape index (κ1) is 12.2. The van der Waals surface area contributed by atoms with E-state index in [-0.39, 0.29) is 17.9 Å². The molecule has 0 spiro atoms. The monoisotopic (exact) mass is 229 g/mol. The fraction of sp³-hybridized carbons (Fsp3) is 0.333. The topological polar surface area (TPSA) is 78.2 Å². The third-order valence-corrected chi connectivity index (χ3v) is 1.81. The molecule has 0 saturated carbocycles. The second-order valence-corrected chi connectivity index (χ2v) is 2.85. The molecule has 0 aromatic heterocycles. The second kappa shape index (κ2) is 5.89. The first-order valence-corrected chi connectivity index (χ1v) is 4.37. The predicted octanol–water partition coefficient (Wildman–Crippen LogP) is 2.63. The van der Waals surface area contributed by atoms with E-state index in [4.69, 9.17) is 5.53 Å². The number of hydrogen-bond acceptors (Lipinski definition) is 3. The Hall–Kier alpha value is -1.85. The molecule has 86 valence electrons. The van der Waals surface area contributed by atoms with E-state index in [9.17, 15) is 13.9 Å². The van der Waals surface area contributed by atoms with Crippen molar-refractivity contribution in [2.24, 2.45) is 5.11 Å². The molecule has 16 heavy (non-hydrogen) atoms. The van der Waals surface area contributed by atoms with E-state index >= 15 is 0 Å². The van der Waals surface area contributed by atoms with Crippen molar-refractivity contribution < 1.29 is 18.6 Å². The normalized spacial score (nSPS) is 12.0. The summed E-state index contributed by atoms with van der Waals surface area (Å²) < 4.78 is 28.3. The highest BCUT2D eigenvalue weighted by Crippen LogP contribution is 2.26. The van der Waals surface area contributed by atoms with Gasteiger partial charge in [-0.1, -0.05) is 23.3 Å². The Kier molecular flexibility index (Phi) is 4.50. The number of alkyl halides is 2. The van der Waals surface area contributed by atoms with Crippen LogP contribution in [0.3, 0.4) is 0 Å². The van der Waals surface area contributed by atoms with Crippen molar-refractivity contribution in [3.8, 4) is 5.75 Å². The Morgan fingerprint density at radius 3 is 2.75 bits per heavy atom. The van der Waals surface area contributed by atoms with Crippen LogP contribution in [0.15, 0.2) is 29.4 Å². The first-order chi connectivity index (χ1) is 7.65. The number of benzene rings is 1. The fourth-order valence-corrected chi connectivity index (χ4v) is 1.17. The minimum Gasteiger partial charge on any atom is -0.434 e. The zero-order valence-electron chi connectivity index (χ0n) is 8.12. The van der Waals surface area contributed by atoms with Crippen molar-refractivity contribution >= 4 is 0 Å². The molecule has 0 aliphatic rings. The van der Waals surface area contributed by atoms with Crippen LogP contribution >= 0.6 is 0 Å². The highest BCUT2D eigenvalue weighted by molar-refractivity contribution is 5.35. The van der Waals surface area contributed by atoms with E-state index in [0.717, 1.165) is 0 Å². The lowest BCUT2D eigenvalue weighted by Crippen LogP contribution is -2.08. The van der Waals surface area contributed by atoms with Gasteiger partial charge in [0.15, 0.2) is 0 Å². The third-order valence-electron chi connectivity index (χ3n) is 1.81. The van der Waals surface area contributed by atoms with Crippen molar-refractivity contribution in [1.82, 2.24) is 0 Å². The molecule has 0 bridgehead atoms. The van der Waals surface area contributed by atoms with E-state index in [1.165, 1.54) is 18.2 Å². The molecule has 1 N–H and O–H groups in total. The van der Waals surface area contributed by atoms with Gasteiger partial charge in [0, 0.05) is 10.5 Å². The van der Waals surface area contributed by atoms with Gasteiger partial charge in [-0.2, -0.15) is 8.78 Å². The number of azide groups is 1. The van der Waals surface area contributed by atoms with Crippen LogP contribution in [0.5, 0.6) is 5.75 Å². The Labute approximate surface area is 89.9 Å². The molecule has 0 fully saturated rings. The summed E-state index contributed by atoms with van der Waals surface area (Å²) in [4.78, 5) is 2.47. The van der Waals surface area contributed by atoms with Gasteiger partial charge in [-0.3, -0.25) is 0 Å². The molecule has 0 aliphatic carbocycles. The van der Waals surface area contributed by atoms with Crippen molar-refractivity contribution in [2.75, 3.05) is 6.54 Å². The maximum Gasteiger partial charge on any atom is 0.387 e. The summed E-state index contributed by atoms with van der Waals surface area (Å²) in [6, 6.07) is 5.80. The smallest absolute Gasteiger partial charge is 0.387 e. The third kappa shape index (κ3) is 3.38. The number of hydrogen-bond donors (Lipinski definition) is 1. The van der Waals surface area contributed by atoms with Crippen LogP contribution in [0, 0.1) is 0 Å². The molecule has 0 radical (unpaired) electrons. The molecule has 1 aromatic rings. The highest BCUT2D eigenvalue weighted by Gasteiger charge is 2.14. The molecular formula is C9H9F2N3O2. The van der Waals surface area contributed by atoms with Crippen LogP contribution < -0.4 is 4.74 Å². The lowest BCUT2D eigenvalue weighted by molar-refractivity contribution is -0.0514. The van der Waals surface area contributed by atoms with Gasteiger partial charge >= 0.3 is 6.61 Å². The molecule has 0 amide bonds. The molecule has 0 aliphatic heterocycles. The summed E-state index contributed by atoms with van der Waals surface area (Å²) in [5, 5.41) is 12.7. The van der Waals surface area contributed by atoms with Crippen LogP contribution in [0.25, 0.3) is 10.4 Å².